The van der Waals surface area contributed by atoms with Gasteiger partial charge in [0.15, 0.2) is 0 Å². The molecule has 2 amide bonds. The van der Waals surface area contributed by atoms with Crippen molar-refractivity contribution in [2.45, 2.75) is 19.5 Å². The molecule has 2 heterocycles. The highest BCUT2D eigenvalue weighted by Crippen LogP contribution is 2.22. The molecule has 1 aromatic heterocycles. The van der Waals surface area contributed by atoms with Crippen LogP contribution in [-0.4, -0.2) is 59.3 Å². The van der Waals surface area contributed by atoms with E-state index >= 15 is 0 Å². The van der Waals surface area contributed by atoms with Crippen LogP contribution < -0.4 is 10.6 Å². The lowest BCUT2D eigenvalue weighted by atomic mass is 10.1. The van der Waals surface area contributed by atoms with Crippen LogP contribution >= 0.6 is 11.6 Å². The standard InChI is InChI=1S/C27H30ClN5O2/c1-20-9-10-23(16-24(20)28)31-27(35)26(34)30-18-25(22-8-5-11-29-17-22)33-14-12-32(13-15-33)19-21-6-3-2-4-7-21/h2-11,16-17,25H,12-15,18-19H2,1H3,(H,30,34)(H,31,35)/t25-/m0/s1. The Labute approximate surface area is 211 Å². The quantitative estimate of drug-likeness (QED) is 0.493. The molecule has 1 atom stereocenters. The average Bonchev–Trinajstić information content (AvgIpc) is 2.88. The van der Waals surface area contributed by atoms with E-state index in [1.165, 1.54) is 5.56 Å². The number of pyridine rings is 1. The van der Waals surface area contributed by atoms with Crippen LogP contribution in [0.25, 0.3) is 0 Å². The number of amides is 2. The number of hydrogen-bond acceptors (Lipinski definition) is 5. The topological polar surface area (TPSA) is 77.6 Å². The Morgan fingerprint density at radius 2 is 1.77 bits per heavy atom. The van der Waals surface area contributed by atoms with Crippen LogP contribution in [0.4, 0.5) is 5.69 Å². The SMILES string of the molecule is Cc1ccc(NC(=O)C(=O)NC[C@@H](c2cccnc2)N2CCN(Cc3ccccc3)CC2)cc1Cl. The van der Waals surface area contributed by atoms with Crippen LogP contribution in [0, 0.1) is 6.92 Å². The highest BCUT2D eigenvalue weighted by Gasteiger charge is 2.26. The Morgan fingerprint density at radius 3 is 2.46 bits per heavy atom. The molecule has 35 heavy (non-hydrogen) atoms. The zero-order valence-corrected chi connectivity index (χ0v) is 20.5. The van der Waals surface area contributed by atoms with Crippen LogP contribution in [-0.2, 0) is 16.1 Å². The fourth-order valence-electron chi connectivity index (χ4n) is 4.23. The summed E-state index contributed by atoms with van der Waals surface area (Å²) in [7, 11) is 0. The number of nitrogens with zero attached hydrogens (tertiary/aromatic N) is 3. The molecular weight excluding hydrogens is 462 g/mol. The summed E-state index contributed by atoms with van der Waals surface area (Å²) >= 11 is 6.12. The van der Waals surface area contributed by atoms with Crippen LogP contribution in [0.5, 0.6) is 0 Å². The number of carbonyl (C=O) groups excluding carboxylic acids is 2. The van der Waals surface area contributed by atoms with Crippen LogP contribution in [0.1, 0.15) is 22.7 Å². The molecule has 4 rings (SSSR count). The van der Waals surface area contributed by atoms with Crippen molar-refractivity contribution in [1.82, 2.24) is 20.1 Å². The number of hydrogen-bond donors (Lipinski definition) is 2. The van der Waals surface area contributed by atoms with Crippen molar-refractivity contribution < 1.29 is 9.59 Å². The maximum atomic E-state index is 12.6. The summed E-state index contributed by atoms with van der Waals surface area (Å²) in [5.74, 6) is -1.40. The smallest absolute Gasteiger partial charge is 0.313 e. The Bertz CT molecular complexity index is 1130. The minimum atomic E-state index is -0.720. The molecule has 7 nitrogen and oxygen atoms in total. The molecule has 1 aliphatic heterocycles. The van der Waals surface area contributed by atoms with E-state index in [4.69, 9.17) is 11.6 Å². The van der Waals surface area contributed by atoms with E-state index in [-0.39, 0.29) is 6.04 Å². The first kappa shape index (κ1) is 24.9. The monoisotopic (exact) mass is 491 g/mol. The minimum Gasteiger partial charge on any atom is -0.346 e. The van der Waals surface area contributed by atoms with Gasteiger partial charge in [0.1, 0.15) is 0 Å². The Kier molecular flexibility index (Phi) is 8.47. The van der Waals surface area contributed by atoms with Gasteiger partial charge in [-0.05, 0) is 41.8 Å². The van der Waals surface area contributed by atoms with Gasteiger partial charge in [-0.3, -0.25) is 24.4 Å². The van der Waals surface area contributed by atoms with Gasteiger partial charge in [0.2, 0.25) is 0 Å². The third-order valence-electron chi connectivity index (χ3n) is 6.26. The lowest BCUT2D eigenvalue weighted by Crippen LogP contribution is -2.50. The van der Waals surface area contributed by atoms with E-state index in [0.29, 0.717) is 17.3 Å². The number of aromatic nitrogens is 1. The van der Waals surface area contributed by atoms with E-state index < -0.39 is 11.8 Å². The molecule has 182 valence electrons. The van der Waals surface area contributed by atoms with Crippen molar-refractivity contribution in [2.24, 2.45) is 0 Å². The first-order valence-electron chi connectivity index (χ1n) is 11.7. The molecule has 0 unspecified atom stereocenters. The highest BCUT2D eigenvalue weighted by molar-refractivity contribution is 6.39. The summed E-state index contributed by atoms with van der Waals surface area (Å²) in [4.78, 5) is 34.1. The summed E-state index contributed by atoms with van der Waals surface area (Å²) in [6.45, 7) is 6.67. The molecule has 0 aliphatic carbocycles. The van der Waals surface area contributed by atoms with Crippen LogP contribution in [0.2, 0.25) is 5.02 Å². The average molecular weight is 492 g/mol. The van der Waals surface area contributed by atoms with Crippen molar-refractivity contribution in [3.63, 3.8) is 0 Å². The summed E-state index contributed by atoms with van der Waals surface area (Å²) in [6.07, 6.45) is 3.55. The fraction of sp³-hybridized carbons (Fsp3) is 0.296. The number of anilines is 1. The van der Waals surface area contributed by atoms with Gasteiger partial charge in [-0.25, -0.2) is 0 Å². The van der Waals surface area contributed by atoms with Gasteiger partial charge >= 0.3 is 11.8 Å². The van der Waals surface area contributed by atoms with Gasteiger partial charge in [0, 0.05) is 62.4 Å². The summed E-state index contributed by atoms with van der Waals surface area (Å²) in [6, 6.07) is 19.4. The largest absolute Gasteiger partial charge is 0.346 e. The molecule has 0 saturated carbocycles. The third-order valence-corrected chi connectivity index (χ3v) is 6.66. The first-order chi connectivity index (χ1) is 17.0. The molecule has 2 N–H and O–H groups in total. The summed E-state index contributed by atoms with van der Waals surface area (Å²) < 4.78 is 0. The van der Waals surface area contributed by atoms with Crippen molar-refractivity contribution in [2.75, 3.05) is 38.0 Å². The van der Waals surface area contributed by atoms with Crippen LogP contribution in [0.3, 0.4) is 0 Å². The van der Waals surface area contributed by atoms with Gasteiger partial charge in [0.05, 0.1) is 6.04 Å². The molecule has 1 fully saturated rings. The molecule has 1 aliphatic rings. The molecule has 0 radical (unpaired) electrons. The number of rotatable bonds is 7. The van der Waals surface area contributed by atoms with Gasteiger partial charge in [0.25, 0.3) is 0 Å². The second kappa shape index (κ2) is 11.9. The summed E-state index contributed by atoms with van der Waals surface area (Å²) in [5, 5.41) is 5.96. The molecule has 0 bridgehead atoms. The van der Waals surface area contributed by atoms with E-state index in [9.17, 15) is 9.59 Å². The Balaban J connectivity index is 1.35. The predicted molar refractivity (Wildman–Crippen MR) is 138 cm³/mol. The van der Waals surface area contributed by atoms with E-state index in [0.717, 1.165) is 43.9 Å². The fourth-order valence-corrected chi connectivity index (χ4v) is 4.41. The Hall–Kier alpha value is -3.26. The minimum absolute atomic E-state index is 0.0758. The third kappa shape index (κ3) is 6.88. The van der Waals surface area contributed by atoms with Crippen LogP contribution in [0.15, 0.2) is 73.1 Å². The first-order valence-corrected chi connectivity index (χ1v) is 12.1. The van der Waals surface area contributed by atoms with Crippen molar-refractivity contribution in [3.8, 4) is 0 Å². The normalized spacial score (nSPS) is 15.4. The van der Waals surface area contributed by atoms with Gasteiger partial charge in [-0.2, -0.15) is 0 Å². The van der Waals surface area contributed by atoms with Crippen molar-refractivity contribution >= 4 is 29.1 Å². The van der Waals surface area contributed by atoms with Crippen molar-refractivity contribution in [1.29, 1.82) is 0 Å². The van der Waals surface area contributed by atoms with Gasteiger partial charge in [-0.1, -0.05) is 54.1 Å². The second-order valence-corrected chi connectivity index (χ2v) is 9.14. The summed E-state index contributed by atoms with van der Waals surface area (Å²) in [5.41, 5.74) is 3.70. The molecular formula is C27H30ClN5O2. The number of halogens is 1. The maximum absolute atomic E-state index is 12.6. The predicted octanol–water partition coefficient (Wildman–Crippen LogP) is 3.66. The number of aryl methyl sites for hydroxylation is 1. The highest BCUT2D eigenvalue weighted by atomic mass is 35.5. The lowest BCUT2D eigenvalue weighted by Gasteiger charge is -2.39. The molecule has 0 spiro atoms. The zero-order chi connectivity index (χ0) is 24.6. The molecule has 2 aromatic carbocycles. The zero-order valence-electron chi connectivity index (χ0n) is 19.8. The van der Waals surface area contributed by atoms with Gasteiger partial charge < -0.3 is 10.6 Å². The number of piperazine rings is 1. The number of benzene rings is 2. The second-order valence-electron chi connectivity index (χ2n) is 8.73. The van der Waals surface area contributed by atoms with E-state index in [2.05, 4.69) is 49.7 Å². The molecule has 3 aromatic rings. The molecule has 1 saturated heterocycles. The number of nitrogens with one attached hydrogen (secondary N) is 2. The molecule has 8 heteroatoms. The number of carbonyl (C=O) groups is 2. The van der Waals surface area contributed by atoms with E-state index in [1.54, 1.807) is 24.4 Å². The van der Waals surface area contributed by atoms with Crippen molar-refractivity contribution in [3.05, 3.63) is 94.8 Å². The van der Waals surface area contributed by atoms with E-state index in [1.807, 2.05) is 31.3 Å². The maximum Gasteiger partial charge on any atom is 0.313 e. The lowest BCUT2D eigenvalue weighted by molar-refractivity contribution is -0.136. The van der Waals surface area contributed by atoms with Gasteiger partial charge in [-0.15, -0.1) is 0 Å². The Morgan fingerprint density at radius 1 is 1.00 bits per heavy atom.